The number of carbonyl (C=O) groups excluding carboxylic acids is 1. The van der Waals surface area contributed by atoms with Gasteiger partial charge in [0.25, 0.3) is 0 Å². The summed E-state index contributed by atoms with van der Waals surface area (Å²) in [4.78, 5) is 14.1. The normalized spacial score (nSPS) is 11.5. The third-order valence-electron chi connectivity index (χ3n) is 2.96. The van der Waals surface area contributed by atoms with Crippen LogP contribution in [0.15, 0.2) is 22.7 Å². The zero-order chi connectivity index (χ0) is 16.9. The van der Waals surface area contributed by atoms with E-state index in [0.29, 0.717) is 13.2 Å². The summed E-state index contributed by atoms with van der Waals surface area (Å²) in [6.45, 7) is 12.5. The van der Waals surface area contributed by atoms with Crippen molar-refractivity contribution in [2.24, 2.45) is 0 Å². The van der Waals surface area contributed by atoms with Crippen molar-refractivity contribution in [3.05, 3.63) is 28.2 Å². The Morgan fingerprint density at radius 3 is 2.45 bits per heavy atom. The van der Waals surface area contributed by atoms with Gasteiger partial charge in [-0.3, -0.25) is 0 Å². The molecule has 0 aliphatic carbocycles. The highest BCUT2D eigenvalue weighted by molar-refractivity contribution is 9.10. The molecule has 1 rings (SSSR count). The van der Waals surface area contributed by atoms with Crippen molar-refractivity contribution in [1.82, 2.24) is 4.90 Å². The molecule has 0 N–H and O–H groups in total. The Morgan fingerprint density at radius 2 is 1.95 bits per heavy atom. The van der Waals surface area contributed by atoms with E-state index in [2.05, 4.69) is 15.9 Å². The molecule has 0 fully saturated rings. The number of carbonyl (C=O) groups is 1. The third-order valence-corrected chi connectivity index (χ3v) is 3.70. The summed E-state index contributed by atoms with van der Waals surface area (Å²) in [6, 6.07) is 5.81. The zero-order valence-electron chi connectivity index (χ0n) is 14.3. The smallest absolute Gasteiger partial charge is 0.410 e. The minimum Gasteiger partial charge on any atom is -0.493 e. The second-order valence-electron chi connectivity index (χ2n) is 6.35. The van der Waals surface area contributed by atoms with E-state index < -0.39 is 5.60 Å². The molecule has 0 spiro atoms. The van der Waals surface area contributed by atoms with Crippen LogP contribution in [0.4, 0.5) is 4.79 Å². The molecule has 22 heavy (non-hydrogen) atoms. The van der Waals surface area contributed by atoms with Gasteiger partial charge in [0.2, 0.25) is 0 Å². The van der Waals surface area contributed by atoms with Crippen molar-refractivity contribution in [3.63, 3.8) is 0 Å². The highest BCUT2D eigenvalue weighted by Gasteiger charge is 2.25. The summed E-state index contributed by atoms with van der Waals surface area (Å²) in [7, 11) is 0. The van der Waals surface area contributed by atoms with Gasteiger partial charge >= 0.3 is 6.09 Å². The monoisotopic (exact) mass is 371 g/mol. The lowest BCUT2D eigenvalue weighted by atomic mass is 10.1. The van der Waals surface area contributed by atoms with Gasteiger partial charge in [0.1, 0.15) is 11.4 Å². The largest absolute Gasteiger partial charge is 0.493 e. The SMILES string of the molecule is CCOc1cccc(Br)c1CN(C(=O)OC(C)(C)C)C(C)C. The van der Waals surface area contributed by atoms with Crippen LogP contribution in [0.1, 0.15) is 47.1 Å². The van der Waals surface area contributed by atoms with Gasteiger partial charge in [-0.2, -0.15) is 0 Å². The number of rotatable bonds is 5. The Balaban J connectivity index is 3.04. The van der Waals surface area contributed by atoms with Crippen molar-refractivity contribution in [2.75, 3.05) is 6.61 Å². The van der Waals surface area contributed by atoms with Crippen molar-refractivity contribution in [3.8, 4) is 5.75 Å². The summed E-state index contributed by atoms with van der Waals surface area (Å²) < 4.78 is 12.1. The molecule has 0 saturated carbocycles. The van der Waals surface area contributed by atoms with Gasteiger partial charge in [-0.25, -0.2) is 4.79 Å². The van der Waals surface area contributed by atoms with E-state index in [1.165, 1.54) is 0 Å². The van der Waals surface area contributed by atoms with Crippen LogP contribution in [-0.4, -0.2) is 29.2 Å². The molecule has 0 radical (unpaired) electrons. The van der Waals surface area contributed by atoms with Crippen molar-refractivity contribution < 1.29 is 14.3 Å². The second kappa shape index (κ2) is 7.86. The Labute approximate surface area is 141 Å². The van der Waals surface area contributed by atoms with Gasteiger partial charge in [0.15, 0.2) is 0 Å². The number of nitrogens with zero attached hydrogens (tertiary/aromatic N) is 1. The van der Waals surface area contributed by atoms with Crippen LogP contribution in [0.2, 0.25) is 0 Å². The summed E-state index contributed by atoms with van der Waals surface area (Å²) in [5, 5.41) is 0. The van der Waals surface area contributed by atoms with E-state index in [9.17, 15) is 4.79 Å². The van der Waals surface area contributed by atoms with Crippen molar-refractivity contribution >= 4 is 22.0 Å². The summed E-state index contributed by atoms with van der Waals surface area (Å²) >= 11 is 3.55. The first-order chi connectivity index (χ1) is 10.2. The lowest BCUT2D eigenvalue weighted by Gasteiger charge is -2.30. The van der Waals surface area contributed by atoms with Crippen LogP contribution in [0.25, 0.3) is 0 Å². The third kappa shape index (κ3) is 5.52. The maximum atomic E-state index is 12.4. The topological polar surface area (TPSA) is 38.8 Å². The quantitative estimate of drug-likeness (QED) is 0.731. The van der Waals surface area contributed by atoms with E-state index >= 15 is 0 Å². The van der Waals surface area contributed by atoms with Gasteiger partial charge in [-0.15, -0.1) is 0 Å². The van der Waals surface area contributed by atoms with Crippen LogP contribution >= 0.6 is 15.9 Å². The Kier molecular flexibility index (Phi) is 6.72. The molecule has 1 aromatic carbocycles. The fourth-order valence-electron chi connectivity index (χ4n) is 1.93. The van der Waals surface area contributed by atoms with E-state index in [1.807, 2.05) is 59.7 Å². The fraction of sp³-hybridized carbons (Fsp3) is 0.588. The van der Waals surface area contributed by atoms with Crippen LogP contribution in [-0.2, 0) is 11.3 Å². The molecular weight excluding hydrogens is 346 g/mol. The molecule has 0 bridgehead atoms. The molecule has 1 amide bonds. The highest BCUT2D eigenvalue weighted by atomic mass is 79.9. The molecule has 0 unspecified atom stereocenters. The zero-order valence-corrected chi connectivity index (χ0v) is 15.9. The van der Waals surface area contributed by atoms with Gasteiger partial charge in [-0.1, -0.05) is 22.0 Å². The average molecular weight is 372 g/mol. The minimum absolute atomic E-state index is 0.0245. The molecule has 0 heterocycles. The molecule has 0 atom stereocenters. The number of halogens is 1. The van der Waals surface area contributed by atoms with Gasteiger partial charge < -0.3 is 14.4 Å². The van der Waals surface area contributed by atoms with E-state index in [4.69, 9.17) is 9.47 Å². The van der Waals surface area contributed by atoms with Crippen LogP contribution in [0.5, 0.6) is 5.75 Å². The predicted octanol–water partition coefficient (Wildman–Crippen LogP) is 4.99. The average Bonchev–Trinajstić information content (AvgIpc) is 2.35. The van der Waals surface area contributed by atoms with Crippen LogP contribution < -0.4 is 4.74 Å². The summed E-state index contributed by atoms with van der Waals surface area (Å²) in [5.74, 6) is 0.783. The Hall–Kier alpha value is -1.23. The number of hydrogen-bond donors (Lipinski definition) is 0. The maximum absolute atomic E-state index is 12.4. The summed E-state index contributed by atoms with van der Waals surface area (Å²) in [6.07, 6.45) is -0.319. The molecule has 0 aromatic heterocycles. The molecule has 124 valence electrons. The molecule has 0 saturated heterocycles. The highest BCUT2D eigenvalue weighted by Crippen LogP contribution is 2.29. The van der Waals surface area contributed by atoms with Gasteiger partial charge in [0, 0.05) is 16.1 Å². The lowest BCUT2D eigenvalue weighted by molar-refractivity contribution is 0.0170. The molecule has 0 aliphatic rings. The fourth-order valence-corrected chi connectivity index (χ4v) is 2.41. The first-order valence-corrected chi connectivity index (χ1v) is 8.34. The molecule has 5 heteroatoms. The van der Waals surface area contributed by atoms with Crippen molar-refractivity contribution in [2.45, 2.75) is 59.7 Å². The molecule has 0 aliphatic heterocycles. The van der Waals surface area contributed by atoms with E-state index in [-0.39, 0.29) is 12.1 Å². The molecular formula is C17H26BrNO3. The van der Waals surface area contributed by atoms with Crippen molar-refractivity contribution in [1.29, 1.82) is 0 Å². The second-order valence-corrected chi connectivity index (χ2v) is 7.21. The van der Waals surface area contributed by atoms with E-state index in [1.54, 1.807) is 4.90 Å². The first kappa shape index (κ1) is 18.8. The molecule has 4 nitrogen and oxygen atoms in total. The molecule has 1 aromatic rings. The van der Waals surface area contributed by atoms with E-state index in [0.717, 1.165) is 15.8 Å². The first-order valence-electron chi connectivity index (χ1n) is 7.55. The predicted molar refractivity (Wildman–Crippen MR) is 92.2 cm³/mol. The Bertz CT molecular complexity index is 509. The van der Waals surface area contributed by atoms with Gasteiger partial charge in [-0.05, 0) is 53.7 Å². The number of hydrogen-bond acceptors (Lipinski definition) is 3. The van der Waals surface area contributed by atoms with Crippen LogP contribution in [0, 0.1) is 0 Å². The maximum Gasteiger partial charge on any atom is 0.410 e. The minimum atomic E-state index is -0.513. The number of ether oxygens (including phenoxy) is 2. The van der Waals surface area contributed by atoms with Gasteiger partial charge in [0.05, 0.1) is 13.2 Å². The number of amides is 1. The summed E-state index contributed by atoms with van der Waals surface area (Å²) in [5.41, 5.74) is 0.435. The number of benzene rings is 1. The standard InChI is InChI=1S/C17H26BrNO3/c1-7-21-15-10-8-9-14(18)13(15)11-19(12(2)3)16(20)22-17(4,5)6/h8-10,12H,7,11H2,1-6H3. The Morgan fingerprint density at radius 1 is 1.32 bits per heavy atom. The van der Waals surface area contributed by atoms with Crippen LogP contribution in [0.3, 0.4) is 0 Å². The lowest BCUT2D eigenvalue weighted by Crippen LogP contribution is -2.40.